The van der Waals surface area contributed by atoms with E-state index < -0.39 is 66.5 Å². The zero-order valence-corrected chi connectivity index (χ0v) is 32.2. The highest BCUT2D eigenvalue weighted by atomic mass is 16.6. The first-order valence-electron chi connectivity index (χ1n) is 19.7. The molecule has 0 amide bonds. The highest BCUT2D eigenvalue weighted by Gasteiger charge is 2.64. The highest BCUT2D eigenvalue weighted by molar-refractivity contribution is 5.66. The predicted octanol–water partition coefficient (Wildman–Crippen LogP) is 7.07. The summed E-state index contributed by atoms with van der Waals surface area (Å²) in [5, 5.41) is 24.0. The standard InChI is InChI=1S/C48H52O9/c1-33(49)57-44-41-40(39(42(50)43(44)51)32-52-27-34-17-7-2-8-18-34)45(53-28-35-19-9-3-10-20-35)47(55-30-37-23-13-5-14-24-37)48(56-31-38-25-15-6-16-26-38)46(41)54-29-36-21-11-4-12-22-36/h2-26,39-48,50-51H,27-32H2,1H3/t39-,40-,41-,42+,43+,44+,45-,46-,47+,48+/m1/s1. The van der Waals surface area contributed by atoms with E-state index in [9.17, 15) is 15.0 Å². The lowest BCUT2D eigenvalue weighted by Gasteiger charge is -2.58. The fourth-order valence-corrected chi connectivity index (χ4v) is 8.38. The Hall–Kier alpha value is -4.71. The van der Waals surface area contributed by atoms with E-state index in [1.807, 2.05) is 152 Å². The van der Waals surface area contributed by atoms with Crippen LogP contribution in [0, 0.1) is 17.8 Å². The first-order chi connectivity index (χ1) is 28.0. The van der Waals surface area contributed by atoms with Gasteiger partial charge in [0.15, 0.2) is 0 Å². The van der Waals surface area contributed by atoms with Crippen molar-refractivity contribution in [1.29, 1.82) is 0 Å². The Morgan fingerprint density at radius 3 is 1.14 bits per heavy atom. The maximum Gasteiger partial charge on any atom is 0.303 e. The van der Waals surface area contributed by atoms with E-state index in [2.05, 4.69) is 0 Å². The molecule has 9 heteroatoms. The fraction of sp³-hybridized carbons (Fsp3) is 0.354. The third-order valence-electron chi connectivity index (χ3n) is 11.0. The summed E-state index contributed by atoms with van der Waals surface area (Å²) in [6.45, 7) is 2.61. The Kier molecular flexibility index (Phi) is 14.3. The summed E-state index contributed by atoms with van der Waals surface area (Å²) in [5.41, 5.74) is 4.77. The first kappa shape index (κ1) is 40.5. The third kappa shape index (κ3) is 10.4. The minimum Gasteiger partial charge on any atom is -0.459 e. The van der Waals surface area contributed by atoms with Crippen LogP contribution in [0.5, 0.6) is 0 Å². The number of ether oxygens (including phenoxy) is 6. The smallest absolute Gasteiger partial charge is 0.303 e. The Morgan fingerprint density at radius 2 is 0.772 bits per heavy atom. The van der Waals surface area contributed by atoms with Crippen molar-refractivity contribution in [3.63, 3.8) is 0 Å². The van der Waals surface area contributed by atoms with Crippen molar-refractivity contribution in [1.82, 2.24) is 0 Å². The van der Waals surface area contributed by atoms with Crippen LogP contribution in [0.4, 0.5) is 0 Å². The van der Waals surface area contributed by atoms with Gasteiger partial charge in [-0.25, -0.2) is 0 Å². The molecule has 5 aromatic carbocycles. The van der Waals surface area contributed by atoms with Crippen LogP contribution in [0.3, 0.4) is 0 Å². The third-order valence-corrected chi connectivity index (χ3v) is 11.0. The minimum absolute atomic E-state index is 0.0820. The van der Waals surface area contributed by atoms with Gasteiger partial charge in [0, 0.05) is 24.7 Å². The molecule has 0 saturated heterocycles. The van der Waals surface area contributed by atoms with Crippen LogP contribution in [0.2, 0.25) is 0 Å². The number of esters is 1. The summed E-state index contributed by atoms with van der Waals surface area (Å²) < 4.78 is 40.3. The number of hydrogen-bond acceptors (Lipinski definition) is 9. The molecule has 9 nitrogen and oxygen atoms in total. The van der Waals surface area contributed by atoms with Crippen LogP contribution >= 0.6 is 0 Å². The van der Waals surface area contributed by atoms with Crippen molar-refractivity contribution in [2.45, 2.75) is 82.7 Å². The lowest BCUT2D eigenvalue weighted by Crippen LogP contribution is -2.72. The number of carbonyl (C=O) groups excluding carboxylic acids is 1. The number of benzene rings is 5. The molecule has 0 heterocycles. The lowest BCUT2D eigenvalue weighted by atomic mass is 9.58. The summed E-state index contributed by atoms with van der Waals surface area (Å²) in [6.07, 6.45) is -6.98. The average Bonchev–Trinajstić information content (AvgIpc) is 3.25. The van der Waals surface area contributed by atoms with Crippen LogP contribution < -0.4 is 0 Å². The largest absolute Gasteiger partial charge is 0.459 e. The number of rotatable bonds is 17. The van der Waals surface area contributed by atoms with Gasteiger partial charge < -0.3 is 38.6 Å². The maximum atomic E-state index is 12.9. The molecule has 2 aliphatic carbocycles. The molecule has 10 atom stereocenters. The Balaban J connectivity index is 1.34. The normalized spacial score (nSPS) is 27.0. The van der Waals surface area contributed by atoms with E-state index in [1.165, 1.54) is 6.92 Å². The highest BCUT2D eigenvalue weighted by Crippen LogP contribution is 2.50. The minimum atomic E-state index is -1.45. The van der Waals surface area contributed by atoms with Gasteiger partial charge >= 0.3 is 5.97 Å². The molecule has 0 bridgehead atoms. The van der Waals surface area contributed by atoms with E-state index >= 15 is 0 Å². The predicted molar refractivity (Wildman–Crippen MR) is 214 cm³/mol. The monoisotopic (exact) mass is 772 g/mol. The molecule has 7 rings (SSSR count). The van der Waals surface area contributed by atoms with E-state index in [4.69, 9.17) is 28.4 Å². The van der Waals surface area contributed by atoms with Gasteiger partial charge in [-0.05, 0) is 27.8 Å². The molecule has 0 spiro atoms. The number of fused-ring (bicyclic) bond motifs is 1. The van der Waals surface area contributed by atoms with Gasteiger partial charge in [-0.1, -0.05) is 152 Å². The van der Waals surface area contributed by atoms with E-state index in [0.29, 0.717) is 6.61 Å². The van der Waals surface area contributed by atoms with E-state index in [-0.39, 0.29) is 33.0 Å². The van der Waals surface area contributed by atoms with Crippen molar-refractivity contribution in [2.75, 3.05) is 6.61 Å². The van der Waals surface area contributed by atoms with E-state index in [0.717, 1.165) is 27.8 Å². The zero-order chi connectivity index (χ0) is 39.4. The zero-order valence-electron chi connectivity index (χ0n) is 32.2. The van der Waals surface area contributed by atoms with Crippen molar-refractivity contribution >= 4 is 5.97 Å². The molecule has 0 unspecified atom stereocenters. The topological polar surface area (TPSA) is 113 Å². The van der Waals surface area contributed by atoms with Crippen molar-refractivity contribution in [3.8, 4) is 0 Å². The molecule has 5 aromatic rings. The Morgan fingerprint density at radius 1 is 0.439 bits per heavy atom. The van der Waals surface area contributed by atoms with Gasteiger partial charge in [0.2, 0.25) is 0 Å². The summed E-state index contributed by atoms with van der Waals surface area (Å²) in [4.78, 5) is 12.9. The molecule has 0 radical (unpaired) electrons. The first-order valence-corrected chi connectivity index (χ1v) is 19.7. The second-order valence-electron chi connectivity index (χ2n) is 14.9. The molecule has 298 valence electrons. The quantitative estimate of drug-likeness (QED) is 0.0959. The molecule has 2 fully saturated rings. The van der Waals surface area contributed by atoms with Gasteiger partial charge in [-0.15, -0.1) is 0 Å². The molecular formula is C48H52O9. The molecule has 0 aliphatic heterocycles. The average molecular weight is 773 g/mol. The fourth-order valence-electron chi connectivity index (χ4n) is 8.38. The molecule has 57 heavy (non-hydrogen) atoms. The van der Waals surface area contributed by atoms with Crippen molar-refractivity contribution in [3.05, 3.63) is 179 Å². The van der Waals surface area contributed by atoms with Crippen LogP contribution in [0.1, 0.15) is 34.7 Å². The van der Waals surface area contributed by atoms with Crippen LogP contribution in [0.15, 0.2) is 152 Å². The molecule has 0 aromatic heterocycles. The van der Waals surface area contributed by atoms with E-state index in [1.54, 1.807) is 0 Å². The van der Waals surface area contributed by atoms with Crippen molar-refractivity contribution < 1.29 is 43.4 Å². The summed E-state index contributed by atoms with van der Waals surface area (Å²) in [6, 6.07) is 49.3. The summed E-state index contributed by atoms with van der Waals surface area (Å²) in [5.74, 6) is -2.57. The summed E-state index contributed by atoms with van der Waals surface area (Å²) in [7, 11) is 0. The molecular weight excluding hydrogens is 721 g/mol. The number of aliphatic hydroxyl groups is 2. The molecule has 2 N–H and O–H groups in total. The number of aliphatic hydroxyl groups excluding tert-OH is 2. The lowest BCUT2D eigenvalue weighted by molar-refractivity contribution is -0.300. The van der Waals surface area contributed by atoms with Gasteiger partial charge in [0.25, 0.3) is 0 Å². The van der Waals surface area contributed by atoms with Gasteiger partial charge in [0.05, 0.1) is 58.0 Å². The molecule has 2 aliphatic rings. The SMILES string of the molecule is CC(=O)O[C@@H]1[C@@H](O)[C@@H](O)[C@H](COCc2ccccc2)[C@H]2[C@@H](OCc3ccccc3)[C@H](OCc3ccccc3)[C@@H](OCc3ccccc3)[C@H](OCc3ccccc3)[C@@H]12. The summed E-state index contributed by atoms with van der Waals surface area (Å²) >= 11 is 0. The Labute approximate surface area is 335 Å². The number of hydrogen-bond donors (Lipinski definition) is 2. The van der Waals surface area contributed by atoms with Crippen LogP contribution in [-0.4, -0.2) is 65.5 Å². The second-order valence-corrected chi connectivity index (χ2v) is 14.9. The van der Waals surface area contributed by atoms with Gasteiger partial charge in [-0.3, -0.25) is 4.79 Å². The Bertz CT molecular complexity index is 1920. The molecule has 2 saturated carbocycles. The van der Waals surface area contributed by atoms with Crippen LogP contribution in [-0.2, 0) is 66.3 Å². The van der Waals surface area contributed by atoms with Crippen molar-refractivity contribution in [2.24, 2.45) is 17.8 Å². The second kappa shape index (κ2) is 20.1. The van der Waals surface area contributed by atoms with Gasteiger partial charge in [-0.2, -0.15) is 0 Å². The van der Waals surface area contributed by atoms with Crippen LogP contribution in [0.25, 0.3) is 0 Å². The maximum absolute atomic E-state index is 12.9. The van der Waals surface area contributed by atoms with Gasteiger partial charge in [0.1, 0.15) is 24.4 Å². The number of carbonyl (C=O) groups is 1.